The first-order valence-corrected chi connectivity index (χ1v) is 10.2. The van der Waals surface area contributed by atoms with Crippen LogP contribution in [-0.4, -0.2) is 50.1 Å². The zero-order valence-electron chi connectivity index (χ0n) is 16.6. The second kappa shape index (κ2) is 10.2. The van der Waals surface area contributed by atoms with Crippen molar-refractivity contribution in [2.45, 2.75) is 38.5 Å². The van der Waals surface area contributed by atoms with Gasteiger partial charge in [-0.05, 0) is 56.4 Å². The van der Waals surface area contributed by atoms with E-state index in [2.05, 4.69) is 11.4 Å². The maximum Gasteiger partial charge on any atom is 0.225 e. The monoisotopic (exact) mass is 386 g/mol. The highest BCUT2D eigenvalue weighted by atomic mass is 16.5. The van der Waals surface area contributed by atoms with Crippen LogP contribution in [0.2, 0.25) is 0 Å². The van der Waals surface area contributed by atoms with Gasteiger partial charge in [-0.1, -0.05) is 11.6 Å². The van der Waals surface area contributed by atoms with Gasteiger partial charge in [0.05, 0.1) is 19.6 Å². The molecular formula is C22H30N2O4. The predicted molar refractivity (Wildman–Crippen MR) is 107 cm³/mol. The molecule has 0 bridgehead atoms. The van der Waals surface area contributed by atoms with Crippen LogP contribution < -0.4 is 14.8 Å². The number of amides is 2. The number of benzene rings is 1. The zero-order chi connectivity index (χ0) is 19.8. The van der Waals surface area contributed by atoms with E-state index in [-0.39, 0.29) is 24.2 Å². The summed E-state index contributed by atoms with van der Waals surface area (Å²) in [5.74, 6) is 1.26. The number of ether oxygens (including phenoxy) is 2. The summed E-state index contributed by atoms with van der Waals surface area (Å²) in [5.41, 5.74) is 1.45. The lowest BCUT2D eigenvalue weighted by Gasteiger charge is -2.17. The molecule has 0 saturated carbocycles. The van der Waals surface area contributed by atoms with Gasteiger partial charge in [0.1, 0.15) is 18.1 Å². The van der Waals surface area contributed by atoms with Gasteiger partial charge >= 0.3 is 0 Å². The van der Waals surface area contributed by atoms with E-state index in [9.17, 15) is 9.59 Å². The Morgan fingerprint density at radius 3 is 2.71 bits per heavy atom. The van der Waals surface area contributed by atoms with E-state index in [1.54, 1.807) is 12.0 Å². The second-order valence-corrected chi connectivity index (χ2v) is 7.41. The van der Waals surface area contributed by atoms with Crippen molar-refractivity contribution >= 4 is 11.8 Å². The lowest BCUT2D eigenvalue weighted by Crippen LogP contribution is -2.34. The molecule has 1 aliphatic carbocycles. The van der Waals surface area contributed by atoms with E-state index in [4.69, 9.17) is 9.47 Å². The van der Waals surface area contributed by atoms with Crippen molar-refractivity contribution in [2.75, 3.05) is 33.4 Å². The molecule has 6 nitrogen and oxygen atoms in total. The summed E-state index contributed by atoms with van der Waals surface area (Å²) in [4.78, 5) is 26.3. The Morgan fingerprint density at radius 1 is 1.21 bits per heavy atom. The minimum Gasteiger partial charge on any atom is -0.497 e. The van der Waals surface area contributed by atoms with Crippen LogP contribution in [0.5, 0.6) is 11.5 Å². The molecule has 1 unspecified atom stereocenters. The summed E-state index contributed by atoms with van der Waals surface area (Å²) in [6, 6.07) is 7.34. The van der Waals surface area contributed by atoms with Crippen molar-refractivity contribution in [3.05, 3.63) is 35.9 Å². The highest BCUT2D eigenvalue weighted by Crippen LogP contribution is 2.21. The van der Waals surface area contributed by atoms with Crippen molar-refractivity contribution < 1.29 is 19.1 Å². The van der Waals surface area contributed by atoms with Crippen molar-refractivity contribution in [3.8, 4) is 11.5 Å². The van der Waals surface area contributed by atoms with E-state index >= 15 is 0 Å². The molecule has 1 fully saturated rings. The third-order valence-electron chi connectivity index (χ3n) is 5.41. The smallest absolute Gasteiger partial charge is 0.225 e. The summed E-state index contributed by atoms with van der Waals surface area (Å²) < 4.78 is 10.8. The molecule has 0 radical (unpaired) electrons. The lowest BCUT2D eigenvalue weighted by atomic mass is 9.97. The number of nitrogens with one attached hydrogen (secondary N) is 1. The van der Waals surface area contributed by atoms with Crippen LogP contribution in [0.25, 0.3) is 0 Å². The molecule has 0 aromatic heterocycles. The normalized spacial score (nSPS) is 19.3. The zero-order valence-corrected chi connectivity index (χ0v) is 16.6. The van der Waals surface area contributed by atoms with Crippen LogP contribution >= 0.6 is 0 Å². The molecule has 2 aliphatic rings. The van der Waals surface area contributed by atoms with Crippen molar-refractivity contribution in [1.82, 2.24) is 10.2 Å². The van der Waals surface area contributed by atoms with Gasteiger partial charge in [-0.15, -0.1) is 0 Å². The highest BCUT2D eigenvalue weighted by Gasteiger charge is 2.33. The van der Waals surface area contributed by atoms with Gasteiger partial charge in [-0.3, -0.25) is 9.59 Å². The molecular weight excluding hydrogens is 356 g/mol. The number of carbonyl (C=O) groups is 2. The molecule has 1 saturated heterocycles. The Balaban J connectivity index is 1.36. The Bertz CT molecular complexity index is 699. The van der Waals surface area contributed by atoms with Crippen molar-refractivity contribution in [1.29, 1.82) is 0 Å². The molecule has 152 valence electrons. The molecule has 1 aliphatic heterocycles. The summed E-state index contributed by atoms with van der Waals surface area (Å²) in [6.45, 7) is 2.03. The SMILES string of the molecule is COc1ccc(OCCN2CC(C(=O)NCCC3=CCCCC3)CC2=O)cc1. The first-order valence-electron chi connectivity index (χ1n) is 10.2. The molecule has 1 aromatic carbocycles. The Hall–Kier alpha value is -2.50. The number of carbonyl (C=O) groups excluding carboxylic acids is 2. The number of hydrogen-bond donors (Lipinski definition) is 1. The fraction of sp³-hybridized carbons (Fsp3) is 0.545. The van der Waals surface area contributed by atoms with Crippen molar-refractivity contribution in [3.63, 3.8) is 0 Å². The number of allylic oxidation sites excluding steroid dienone is 1. The fourth-order valence-corrected chi connectivity index (χ4v) is 3.73. The van der Waals surface area contributed by atoms with Gasteiger partial charge in [0.2, 0.25) is 11.8 Å². The number of methoxy groups -OCH3 is 1. The van der Waals surface area contributed by atoms with E-state index < -0.39 is 0 Å². The topological polar surface area (TPSA) is 67.9 Å². The second-order valence-electron chi connectivity index (χ2n) is 7.41. The van der Waals surface area contributed by atoms with Gasteiger partial charge in [-0.25, -0.2) is 0 Å². The molecule has 28 heavy (non-hydrogen) atoms. The quantitative estimate of drug-likeness (QED) is 0.663. The van der Waals surface area contributed by atoms with Crippen LogP contribution in [0, 0.1) is 5.92 Å². The summed E-state index contributed by atoms with van der Waals surface area (Å²) in [7, 11) is 1.62. The van der Waals surface area contributed by atoms with E-state index in [0.29, 0.717) is 26.2 Å². The van der Waals surface area contributed by atoms with Gasteiger partial charge in [0.15, 0.2) is 0 Å². The standard InChI is InChI=1S/C22H30N2O4/c1-27-19-7-9-20(10-8-19)28-14-13-24-16-18(15-21(24)25)22(26)23-12-11-17-5-3-2-4-6-17/h5,7-10,18H,2-4,6,11-16H2,1H3,(H,23,26). The average Bonchev–Trinajstić information content (AvgIpc) is 3.10. The average molecular weight is 386 g/mol. The molecule has 0 spiro atoms. The summed E-state index contributed by atoms with van der Waals surface area (Å²) >= 11 is 0. The lowest BCUT2D eigenvalue weighted by molar-refractivity contribution is -0.129. The summed E-state index contributed by atoms with van der Waals surface area (Å²) in [6.07, 6.45) is 8.36. The molecule has 1 aromatic rings. The van der Waals surface area contributed by atoms with Crippen LogP contribution in [-0.2, 0) is 9.59 Å². The van der Waals surface area contributed by atoms with Crippen LogP contribution in [0.15, 0.2) is 35.9 Å². The summed E-state index contributed by atoms with van der Waals surface area (Å²) in [5, 5.41) is 3.00. The maximum absolute atomic E-state index is 12.4. The minimum absolute atomic E-state index is 0.0108. The van der Waals surface area contributed by atoms with Crippen LogP contribution in [0.1, 0.15) is 38.5 Å². The Morgan fingerprint density at radius 2 is 2.00 bits per heavy atom. The van der Waals surface area contributed by atoms with Gasteiger partial charge < -0.3 is 19.7 Å². The third-order valence-corrected chi connectivity index (χ3v) is 5.41. The van der Waals surface area contributed by atoms with Crippen LogP contribution in [0.3, 0.4) is 0 Å². The van der Waals surface area contributed by atoms with E-state index in [1.807, 2.05) is 24.3 Å². The number of likely N-dealkylation sites (tertiary alicyclic amines) is 1. The van der Waals surface area contributed by atoms with Gasteiger partial charge in [0.25, 0.3) is 0 Å². The molecule has 1 heterocycles. The van der Waals surface area contributed by atoms with E-state index in [0.717, 1.165) is 30.8 Å². The Labute approximate surface area is 166 Å². The van der Waals surface area contributed by atoms with Gasteiger partial charge in [-0.2, -0.15) is 0 Å². The van der Waals surface area contributed by atoms with E-state index in [1.165, 1.54) is 18.4 Å². The first-order chi connectivity index (χ1) is 13.7. The molecule has 3 rings (SSSR count). The minimum atomic E-state index is -0.256. The number of rotatable bonds is 9. The highest BCUT2D eigenvalue weighted by molar-refractivity contribution is 5.89. The molecule has 1 atom stereocenters. The van der Waals surface area contributed by atoms with Gasteiger partial charge in [0, 0.05) is 19.5 Å². The predicted octanol–water partition coefficient (Wildman–Crippen LogP) is 2.93. The number of hydrogen-bond acceptors (Lipinski definition) is 4. The fourth-order valence-electron chi connectivity index (χ4n) is 3.73. The van der Waals surface area contributed by atoms with Crippen molar-refractivity contribution in [2.24, 2.45) is 5.92 Å². The third kappa shape index (κ3) is 5.75. The van der Waals surface area contributed by atoms with Crippen LogP contribution in [0.4, 0.5) is 0 Å². The number of nitrogens with zero attached hydrogens (tertiary/aromatic N) is 1. The molecule has 1 N–H and O–H groups in total. The maximum atomic E-state index is 12.4. The Kier molecular flexibility index (Phi) is 7.34. The molecule has 6 heteroatoms. The first kappa shape index (κ1) is 20.2. The molecule has 2 amide bonds. The largest absolute Gasteiger partial charge is 0.497 e.